The van der Waals surface area contributed by atoms with E-state index in [4.69, 9.17) is 9.47 Å². The van der Waals surface area contributed by atoms with E-state index in [2.05, 4.69) is 44.4 Å². The largest absolute Gasteiger partial charge is 0.493 e. The van der Waals surface area contributed by atoms with Crippen molar-refractivity contribution < 1.29 is 18.6 Å². The molecule has 0 spiro atoms. The van der Waals surface area contributed by atoms with Gasteiger partial charge in [-0.3, -0.25) is 0 Å². The van der Waals surface area contributed by atoms with Crippen molar-refractivity contribution in [2.45, 2.75) is 25.9 Å². The van der Waals surface area contributed by atoms with Gasteiger partial charge in [-0.25, -0.2) is 18.3 Å². The molecule has 4 rings (SSSR count). The lowest BCUT2D eigenvalue weighted by Gasteiger charge is -2.07. The smallest absolute Gasteiger partial charge is 0.243 e. The summed E-state index contributed by atoms with van der Waals surface area (Å²) in [5.41, 5.74) is 1.48. The molecule has 0 saturated carbocycles. The van der Waals surface area contributed by atoms with E-state index in [1.165, 1.54) is 0 Å². The molecule has 0 saturated heterocycles. The van der Waals surface area contributed by atoms with E-state index in [0.29, 0.717) is 18.9 Å². The molecule has 34 heavy (non-hydrogen) atoms. The minimum Gasteiger partial charge on any atom is -0.493 e. The van der Waals surface area contributed by atoms with E-state index in [1.807, 2.05) is 84.2 Å². The molecule has 0 amide bonds. The normalized spacial score (nSPS) is 11.2. The van der Waals surface area contributed by atoms with Crippen LogP contribution in [0.3, 0.4) is 0 Å². The number of ether oxygens (including phenoxy) is 2. The van der Waals surface area contributed by atoms with Gasteiger partial charge in [-0.15, -0.1) is 5.11 Å². The van der Waals surface area contributed by atoms with Gasteiger partial charge in [-0.1, -0.05) is 12.1 Å². The summed E-state index contributed by atoms with van der Waals surface area (Å²) >= 11 is 0. The van der Waals surface area contributed by atoms with Crippen molar-refractivity contribution in [2.24, 2.45) is 24.3 Å². The van der Waals surface area contributed by atoms with Gasteiger partial charge in [0.05, 0.1) is 46.1 Å². The topological polar surface area (TPSA) is 60.8 Å². The van der Waals surface area contributed by atoms with Crippen LogP contribution in [0.1, 0.15) is 12.8 Å². The Kier molecular flexibility index (Phi) is 8.05. The molecule has 8 heteroatoms. The Bertz CT molecular complexity index is 1200. The summed E-state index contributed by atoms with van der Waals surface area (Å²) in [4.78, 5) is 0. The summed E-state index contributed by atoms with van der Waals surface area (Å²) in [5.74, 6) is 1.57. The molecule has 2 aromatic carbocycles. The number of hydrogen-bond donors (Lipinski definition) is 0. The molecule has 0 fully saturated rings. The first-order valence-corrected chi connectivity index (χ1v) is 11.5. The number of rotatable bonds is 12. The van der Waals surface area contributed by atoms with Crippen LogP contribution in [0.5, 0.6) is 11.5 Å². The molecule has 0 N–H and O–H groups in total. The van der Waals surface area contributed by atoms with Crippen molar-refractivity contribution in [3.8, 4) is 11.5 Å². The maximum Gasteiger partial charge on any atom is 0.243 e. The summed E-state index contributed by atoms with van der Waals surface area (Å²) in [5, 5.41) is 8.78. The van der Waals surface area contributed by atoms with Gasteiger partial charge in [0.2, 0.25) is 12.7 Å². The third-order valence-corrected chi connectivity index (χ3v) is 5.27. The third kappa shape index (κ3) is 7.03. The minimum absolute atomic E-state index is 0.614. The van der Waals surface area contributed by atoms with Crippen LogP contribution in [0.25, 0.3) is 0 Å². The fourth-order valence-electron chi connectivity index (χ4n) is 3.52. The Labute approximate surface area is 200 Å². The van der Waals surface area contributed by atoms with Gasteiger partial charge >= 0.3 is 0 Å². The Morgan fingerprint density at radius 3 is 1.97 bits per heavy atom. The average molecular weight is 461 g/mol. The molecule has 4 aromatic rings. The molecule has 8 nitrogen and oxygen atoms in total. The fourth-order valence-corrected chi connectivity index (χ4v) is 3.52. The van der Waals surface area contributed by atoms with Crippen LogP contribution >= 0.6 is 0 Å². The first-order chi connectivity index (χ1) is 16.7. The average Bonchev–Trinajstić information content (AvgIpc) is 3.47. The van der Waals surface area contributed by atoms with Crippen LogP contribution in [0, 0.1) is 0 Å². The number of nitrogens with zero attached hydrogens (tertiary/aromatic N) is 6. The van der Waals surface area contributed by atoms with Gasteiger partial charge in [-0.05, 0) is 36.4 Å². The summed E-state index contributed by atoms with van der Waals surface area (Å²) in [6, 6.07) is 15.4. The molecule has 2 aromatic heterocycles. The highest BCUT2D eigenvalue weighted by atomic mass is 16.5. The Morgan fingerprint density at radius 1 is 0.735 bits per heavy atom. The summed E-state index contributed by atoms with van der Waals surface area (Å²) in [7, 11) is 4.03. The van der Waals surface area contributed by atoms with Crippen LogP contribution in [0.2, 0.25) is 0 Å². The second-order valence-corrected chi connectivity index (χ2v) is 8.20. The summed E-state index contributed by atoms with van der Waals surface area (Å²) < 4.78 is 20.2. The molecule has 0 atom stereocenters. The van der Waals surface area contributed by atoms with E-state index in [9.17, 15) is 0 Å². The molecule has 0 radical (unpaired) electrons. The lowest BCUT2D eigenvalue weighted by atomic mass is 10.3. The number of azo groups is 1. The van der Waals surface area contributed by atoms with Crippen LogP contribution in [-0.2, 0) is 27.2 Å². The first-order valence-electron chi connectivity index (χ1n) is 11.5. The number of benzene rings is 2. The molecule has 0 aliphatic rings. The van der Waals surface area contributed by atoms with Crippen molar-refractivity contribution in [1.82, 2.24) is 9.13 Å². The zero-order chi connectivity index (χ0) is 23.6. The number of aromatic nitrogens is 4. The summed E-state index contributed by atoms with van der Waals surface area (Å²) in [6.45, 7) is 3.11. The van der Waals surface area contributed by atoms with Gasteiger partial charge in [0.25, 0.3) is 0 Å². The molecule has 0 aliphatic carbocycles. The zero-order valence-corrected chi connectivity index (χ0v) is 19.8. The molecule has 0 unspecified atom stereocenters. The molecule has 176 valence electrons. The van der Waals surface area contributed by atoms with E-state index in [1.54, 1.807) is 0 Å². The van der Waals surface area contributed by atoms with Crippen LogP contribution in [0.15, 0.2) is 96.2 Å². The van der Waals surface area contributed by atoms with E-state index in [0.717, 1.165) is 43.1 Å². The van der Waals surface area contributed by atoms with Crippen LogP contribution < -0.4 is 18.6 Å². The van der Waals surface area contributed by atoms with Crippen LogP contribution in [0.4, 0.5) is 11.4 Å². The maximum atomic E-state index is 5.96. The second-order valence-electron chi connectivity index (χ2n) is 8.20. The van der Waals surface area contributed by atoms with Crippen molar-refractivity contribution in [2.75, 3.05) is 13.2 Å². The highest BCUT2D eigenvalue weighted by Crippen LogP contribution is 2.29. The maximum absolute atomic E-state index is 5.96. The van der Waals surface area contributed by atoms with Gasteiger partial charge in [-0.2, -0.15) is 5.11 Å². The second kappa shape index (κ2) is 11.8. The predicted octanol–water partition coefficient (Wildman–Crippen LogP) is 4.29. The van der Waals surface area contributed by atoms with Crippen molar-refractivity contribution in [3.63, 3.8) is 0 Å². The Balaban J connectivity index is 1.23. The molecular weight excluding hydrogens is 428 g/mol. The SMILES string of the molecule is C[n+]1ccn(CCCOc2ccc(N=Nc3ccccc3OCCCn3cc[n+](C)c3)cc2)c1. The van der Waals surface area contributed by atoms with Gasteiger partial charge in [0.1, 0.15) is 42.0 Å². The molecule has 0 bridgehead atoms. The molecule has 2 heterocycles. The number of imidazole rings is 2. The minimum atomic E-state index is 0.614. The number of aryl methyl sites for hydroxylation is 4. The highest BCUT2D eigenvalue weighted by molar-refractivity contribution is 5.51. The number of para-hydroxylation sites is 1. The predicted molar refractivity (Wildman–Crippen MR) is 129 cm³/mol. The lowest BCUT2D eigenvalue weighted by molar-refractivity contribution is -0.671. The monoisotopic (exact) mass is 460 g/mol. The van der Waals surface area contributed by atoms with Crippen LogP contribution in [-0.4, -0.2) is 22.3 Å². The fraction of sp³-hybridized carbons (Fsp3) is 0.308. The van der Waals surface area contributed by atoms with Gasteiger partial charge in [0.15, 0.2) is 0 Å². The molecular formula is C26H32N6O2+2. The van der Waals surface area contributed by atoms with E-state index < -0.39 is 0 Å². The zero-order valence-electron chi connectivity index (χ0n) is 19.8. The van der Waals surface area contributed by atoms with Crippen molar-refractivity contribution in [1.29, 1.82) is 0 Å². The Hall–Kier alpha value is -3.94. The third-order valence-electron chi connectivity index (χ3n) is 5.27. The quantitative estimate of drug-likeness (QED) is 0.180. The number of hydrogen-bond acceptors (Lipinski definition) is 4. The Morgan fingerprint density at radius 2 is 1.35 bits per heavy atom. The van der Waals surface area contributed by atoms with Crippen molar-refractivity contribution >= 4 is 11.4 Å². The van der Waals surface area contributed by atoms with Gasteiger partial charge < -0.3 is 9.47 Å². The lowest BCUT2D eigenvalue weighted by Crippen LogP contribution is -2.23. The van der Waals surface area contributed by atoms with E-state index in [-0.39, 0.29) is 0 Å². The van der Waals surface area contributed by atoms with E-state index >= 15 is 0 Å². The van der Waals surface area contributed by atoms with Gasteiger partial charge in [0, 0.05) is 12.8 Å². The molecule has 0 aliphatic heterocycles. The first kappa shape index (κ1) is 23.2. The van der Waals surface area contributed by atoms with Crippen molar-refractivity contribution in [3.05, 3.63) is 86.0 Å². The standard InChI is InChI=1S/C26H32N6O2/c1-29-15-17-31(21-29)13-5-19-33-24-11-9-23(10-12-24)27-28-25-7-3-4-8-26(25)34-20-6-14-32-18-16-30(2)22-32/h3-4,7-12,15-18,21-22H,5-6,13-14,19-20H2,1-2H3/q+2. The summed E-state index contributed by atoms with van der Waals surface area (Å²) in [6.07, 6.45) is 14.1. The highest BCUT2D eigenvalue weighted by Gasteiger charge is 2.05.